The average Bonchev–Trinajstić information content (AvgIpc) is 2.45. The molecule has 1 heterocycles. The number of hydrogen-bond donors (Lipinski definition) is 4. The standard InChI is InChI=1S/C13H12N4O3S/c18-10-9(11(19)17-12(20)16-10)7-15-13(21)14-6-8-4-2-1-3-5-8/h1-5,7H,6H2,(H,14,21)(H3,16,17,18,19,20)/b15-7+. The molecule has 21 heavy (non-hydrogen) atoms. The molecule has 1 aromatic heterocycles. The summed E-state index contributed by atoms with van der Waals surface area (Å²) >= 11 is 4.99. The van der Waals surface area contributed by atoms with E-state index < -0.39 is 17.1 Å². The molecule has 0 aliphatic rings. The maximum absolute atomic E-state index is 11.5. The molecule has 7 nitrogen and oxygen atoms in total. The van der Waals surface area contributed by atoms with Gasteiger partial charge in [-0.2, -0.15) is 0 Å². The van der Waals surface area contributed by atoms with E-state index in [9.17, 15) is 14.7 Å². The molecule has 8 heteroatoms. The molecule has 0 aliphatic carbocycles. The lowest BCUT2D eigenvalue weighted by Crippen LogP contribution is -2.25. The van der Waals surface area contributed by atoms with E-state index in [1.807, 2.05) is 35.3 Å². The predicted molar refractivity (Wildman–Crippen MR) is 82.8 cm³/mol. The molecule has 1 aromatic carbocycles. The Hall–Kier alpha value is -2.74. The lowest BCUT2D eigenvalue weighted by Gasteiger charge is -2.03. The zero-order chi connectivity index (χ0) is 15.2. The summed E-state index contributed by atoms with van der Waals surface area (Å²) in [5.74, 6) is -0.557. The largest absolute Gasteiger partial charge is 0.494 e. The van der Waals surface area contributed by atoms with Gasteiger partial charge in [-0.1, -0.05) is 30.3 Å². The van der Waals surface area contributed by atoms with E-state index >= 15 is 0 Å². The molecule has 0 bridgehead atoms. The Morgan fingerprint density at radius 3 is 2.67 bits per heavy atom. The molecule has 0 unspecified atom stereocenters. The fourth-order valence-corrected chi connectivity index (χ4v) is 1.67. The first kappa shape index (κ1) is 14.7. The Bertz CT molecular complexity index is 780. The van der Waals surface area contributed by atoms with Crippen molar-refractivity contribution >= 4 is 23.5 Å². The van der Waals surface area contributed by atoms with Crippen LogP contribution in [0.3, 0.4) is 0 Å². The number of H-pyrrole nitrogens is 2. The highest BCUT2D eigenvalue weighted by atomic mass is 32.1. The molecular weight excluding hydrogens is 292 g/mol. The van der Waals surface area contributed by atoms with E-state index in [1.54, 1.807) is 0 Å². The van der Waals surface area contributed by atoms with Crippen molar-refractivity contribution in [2.24, 2.45) is 4.99 Å². The number of benzene rings is 1. The molecular formula is C13H12N4O3S. The SMILES string of the molecule is O=c1[nH]c(O)c(/C=N/C(=S)NCc2ccccc2)c(=O)[nH]1. The number of aromatic amines is 2. The zero-order valence-electron chi connectivity index (χ0n) is 10.8. The first-order valence-corrected chi connectivity index (χ1v) is 6.38. The number of nitrogens with one attached hydrogen (secondary N) is 3. The van der Waals surface area contributed by atoms with Gasteiger partial charge in [-0.25, -0.2) is 9.79 Å². The van der Waals surface area contributed by atoms with E-state index in [0.717, 1.165) is 11.8 Å². The van der Waals surface area contributed by atoms with Crippen molar-refractivity contribution in [3.8, 4) is 5.88 Å². The molecule has 0 aliphatic heterocycles. The van der Waals surface area contributed by atoms with Gasteiger partial charge in [0.2, 0.25) is 5.88 Å². The number of aliphatic imine (C=N–C) groups is 1. The fourth-order valence-electron chi connectivity index (χ4n) is 1.55. The van der Waals surface area contributed by atoms with E-state index in [0.29, 0.717) is 6.54 Å². The minimum absolute atomic E-state index is 0.156. The van der Waals surface area contributed by atoms with Crippen LogP contribution in [0.15, 0.2) is 44.9 Å². The van der Waals surface area contributed by atoms with Crippen LogP contribution in [0.25, 0.3) is 0 Å². The summed E-state index contributed by atoms with van der Waals surface area (Å²) < 4.78 is 0. The molecule has 108 valence electrons. The number of thiocarbonyl (C=S) groups is 1. The number of nitrogens with zero attached hydrogens (tertiary/aromatic N) is 1. The summed E-state index contributed by atoms with van der Waals surface area (Å²) in [5.41, 5.74) is -0.677. The summed E-state index contributed by atoms with van der Waals surface area (Å²) in [4.78, 5) is 30.3. The molecule has 4 N–H and O–H groups in total. The van der Waals surface area contributed by atoms with Gasteiger partial charge in [-0.05, 0) is 17.8 Å². The van der Waals surface area contributed by atoms with Crippen molar-refractivity contribution in [1.29, 1.82) is 0 Å². The highest BCUT2D eigenvalue weighted by molar-refractivity contribution is 7.80. The number of hydrogen-bond acceptors (Lipinski definition) is 4. The third-order valence-corrected chi connectivity index (χ3v) is 2.81. The van der Waals surface area contributed by atoms with Gasteiger partial charge >= 0.3 is 5.69 Å². The van der Waals surface area contributed by atoms with Gasteiger partial charge in [-0.3, -0.25) is 14.8 Å². The van der Waals surface area contributed by atoms with Crippen LogP contribution in [-0.4, -0.2) is 26.4 Å². The predicted octanol–water partition coefficient (Wildman–Crippen LogP) is 0.262. The van der Waals surface area contributed by atoms with Crippen molar-refractivity contribution in [2.75, 3.05) is 0 Å². The average molecular weight is 304 g/mol. The highest BCUT2D eigenvalue weighted by Gasteiger charge is 2.05. The van der Waals surface area contributed by atoms with Crippen LogP contribution in [0, 0.1) is 0 Å². The Balaban J connectivity index is 2.03. The summed E-state index contributed by atoms with van der Waals surface area (Å²) in [6.07, 6.45) is 1.09. The van der Waals surface area contributed by atoms with Crippen molar-refractivity contribution < 1.29 is 5.11 Å². The van der Waals surface area contributed by atoms with E-state index in [2.05, 4.69) is 15.3 Å². The molecule has 0 amide bonds. The third-order valence-electron chi connectivity index (χ3n) is 2.56. The second kappa shape index (κ2) is 6.62. The third kappa shape index (κ3) is 4.11. The summed E-state index contributed by atoms with van der Waals surface area (Å²) in [6.45, 7) is 0.491. The van der Waals surface area contributed by atoms with E-state index in [-0.39, 0.29) is 10.7 Å². The van der Waals surface area contributed by atoms with Gasteiger partial charge in [0.25, 0.3) is 5.56 Å². The normalized spacial score (nSPS) is 10.7. The van der Waals surface area contributed by atoms with Gasteiger partial charge in [0.1, 0.15) is 5.56 Å². The van der Waals surface area contributed by atoms with Gasteiger partial charge in [-0.15, -0.1) is 0 Å². The van der Waals surface area contributed by atoms with Crippen LogP contribution >= 0.6 is 12.2 Å². The van der Waals surface area contributed by atoms with Gasteiger partial charge in [0.15, 0.2) is 5.11 Å². The van der Waals surface area contributed by atoms with Crippen molar-refractivity contribution in [1.82, 2.24) is 15.3 Å². The quantitative estimate of drug-likeness (QED) is 0.480. The molecule has 2 aromatic rings. The Labute approximate surface area is 124 Å². The molecule has 0 radical (unpaired) electrons. The lowest BCUT2D eigenvalue weighted by atomic mass is 10.2. The number of aromatic nitrogens is 2. The van der Waals surface area contributed by atoms with Crippen LogP contribution in [0.2, 0.25) is 0 Å². The molecule has 0 atom stereocenters. The highest BCUT2D eigenvalue weighted by Crippen LogP contribution is 2.01. The number of aromatic hydroxyl groups is 1. The van der Waals surface area contributed by atoms with Gasteiger partial charge < -0.3 is 10.4 Å². The smallest absolute Gasteiger partial charge is 0.328 e. The van der Waals surface area contributed by atoms with Gasteiger partial charge in [0.05, 0.1) is 0 Å². The van der Waals surface area contributed by atoms with Crippen LogP contribution in [0.1, 0.15) is 11.1 Å². The number of rotatable bonds is 3. The lowest BCUT2D eigenvalue weighted by molar-refractivity contribution is 0.447. The zero-order valence-corrected chi connectivity index (χ0v) is 11.6. The second-order valence-electron chi connectivity index (χ2n) is 4.07. The molecule has 0 fully saturated rings. The summed E-state index contributed by atoms with van der Waals surface area (Å²) in [7, 11) is 0. The fraction of sp³-hybridized carbons (Fsp3) is 0.0769. The minimum Gasteiger partial charge on any atom is -0.494 e. The topological polar surface area (TPSA) is 110 Å². The maximum Gasteiger partial charge on any atom is 0.328 e. The summed E-state index contributed by atoms with van der Waals surface area (Å²) in [6, 6.07) is 9.57. The summed E-state index contributed by atoms with van der Waals surface area (Å²) in [5, 5.41) is 12.5. The first-order valence-electron chi connectivity index (χ1n) is 5.97. The molecule has 0 saturated carbocycles. The van der Waals surface area contributed by atoms with Crippen molar-refractivity contribution in [3.05, 3.63) is 62.3 Å². The van der Waals surface area contributed by atoms with Crippen LogP contribution < -0.4 is 16.6 Å². The molecule has 0 spiro atoms. The second-order valence-corrected chi connectivity index (χ2v) is 4.46. The first-order chi connectivity index (χ1) is 10.1. The minimum atomic E-state index is -0.792. The maximum atomic E-state index is 11.5. The van der Waals surface area contributed by atoms with E-state index in [4.69, 9.17) is 12.2 Å². The van der Waals surface area contributed by atoms with Crippen molar-refractivity contribution in [3.63, 3.8) is 0 Å². The van der Waals surface area contributed by atoms with E-state index in [1.165, 1.54) is 0 Å². The molecule has 0 saturated heterocycles. The monoisotopic (exact) mass is 304 g/mol. The Kier molecular flexibility index (Phi) is 4.62. The Morgan fingerprint density at radius 2 is 2.00 bits per heavy atom. The van der Waals surface area contributed by atoms with Crippen LogP contribution in [0.4, 0.5) is 0 Å². The Morgan fingerprint density at radius 1 is 1.29 bits per heavy atom. The molecule has 2 rings (SSSR count). The van der Waals surface area contributed by atoms with Crippen molar-refractivity contribution in [2.45, 2.75) is 6.54 Å². The van der Waals surface area contributed by atoms with Gasteiger partial charge in [0, 0.05) is 12.8 Å². The van der Waals surface area contributed by atoms with Crippen LogP contribution in [-0.2, 0) is 6.54 Å². The van der Waals surface area contributed by atoms with Crippen LogP contribution in [0.5, 0.6) is 5.88 Å².